The highest BCUT2D eigenvalue weighted by molar-refractivity contribution is 7.64. The Morgan fingerprint density at radius 2 is 1.82 bits per heavy atom. The summed E-state index contributed by atoms with van der Waals surface area (Å²) in [5.41, 5.74) is 5.26. The molecule has 0 aliphatic rings. The van der Waals surface area contributed by atoms with Crippen molar-refractivity contribution in [3.63, 3.8) is 0 Å². The molecule has 0 aromatic carbocycles. The number of halogens is 3. The highest BCUT2D eigenvalue weighted by Crippen LogP contribution is 2.25. The Labute approximate surface area is 82.5 Å². The van der Waals surface area contributed by atoms with E-state index in [9.17, 15) is 0 Å². The summed E-state index contributed by atoms with van der Waals surface area (Å²) < 4.78 is 0. The molecule has 6 heteroatoms. The molecule has 0 unspecified atom stereocenters. The van der Waals surface area contributed by atoms with E-state index in [0.29, 0.717) is 6.54 Å². The predicted octanol–water partition coefficient (Wildman–Crippen LogP) is 1.58. The van der Waals surface area contributed by atoms with Gasteiger partial charge in [-0.15, -0.1) is 33.2 Å². The van der Waals surface area contributed by atoms with Gasteiger partial charge in [0.25, 0.3) is 0 Å². The van der Waals surface area contributed by atoms with Gasteiger partial charge in [0.15, 0.2) is 0 Å². The zero-order chi connectivity index (χ0) is 8.74. The summed E-state index contributed by atoms with van der Waals surface area (Å²) in [5, 5.41) is 3.13. The van der Waals surface area contributed by atoms with Crippen LogP contribution >= 0.6 is 33.2 Å². The van der Waals surface area contributed by atoms with Crippen LogP contribution in [-0.2, 0) is 0 Å². The fourth-order valence-electron chi connectivity index (χ4n) is 0.641. The summed E-state index contributed by atoms with van der Waals surface area (Å²) in [6, 6.07) is -1.65. The lowest BCUT2D eigenvalue weighted by Gasteiger charge is -2.07. The van der Waals surface area contributed by atoms with E-state index in [1.807, 2.05) is 0 Å². The van der Waals surface area contributed by atoms with Gasteiger partial charge in [0, 0.05) is 13.1 Å². The molecule has 0 saturated carbocycles. The minimum Gasteiger partial charge on any atom is -0.329 e. The Hall–Kier alpha value is 1.01. The van der Waals surface area contributed by atoms with Gasteiger partial charge in [0.2, 0.25) is 0 Å². The van der Waals surface area contributed by atoms with Crippen LogP contribution in [0.1, 0.15) is 6.42 Å². The molecule has 0 atom stereocenters. The Morgan fingerprint density at radius 1 is 1.18 bits per heavy atom. The summed E-state index contributed by atoms with van der Waals surface area (Å²) in [4.78, 5) is 0. The Kier molecular flexibility index (Phi) is 7.11. The smallest absolute Gasteiger partial charge is 0.329 e. The number of hydrogen-bond acceptors (Lipinski definition) is 2. The van der Waals surface area contributed by atoms with E-state index in [1.54, 1.807) is 0 Å². The predicted molar refractivity (Wildman–Crippen MR) is 54.7 cm³/mol. The standard InChI is InChI=1S/C5H13Cl3N2Si/c6-11(7,8)5-1-3-10-4-2-9/h10H,1-5,9H2. The molecule has 0 aromatic rings. The first-order valence-electron chi connectivity index (χ1n) is 3.54. The molecule has 11 heavy (non-hydrogen) atoms. The molecule has 68 valence electrons. The summed E-state index contributed by atoms with van der Waals surface area (Å²) >= 11 is 17.0. The fourth-order valence-corrected chi connectivity index (χ4v) is 2.42. The van der Waals surface area contributed by atoms with E-state index in [-0.39, 0.29) is 0 Å². The van der Waals surface area contributed by atoms with Crippen molar-refractivity contribution < 1.29 is 0 Å². The number of rotatable bonds is 6. The maximum absolute atomic E-state index is 5.66. The Balaban J connectivity index is 3.02. The van der Waals surface area contributed by atoms with E-state index < -0.39 is 6.00 Å². The molecule has 0 aliphatic heterocycles. The zero-order valence-electron chi connectivity index (χ0n) is 6.25. The molecule has 0 amide bonds. The van der Waals surface area contributed by atoms with E-state index in [2.05, 4.69) is 5.32 Å². The van der Waals surface area contributed by atoms with E-state index in [1.165, 1.54) is 0 Å². The summed E-state index contributed by atoms with van der Waals surface area (Å²) in [7, 11) is 0. The first kappa shape index (κ1) is 12.0. The molecule has 0 rings (SSSR count). The molecule has 0 saturated heterocycles. The highest BCUT2D eigenvalue weighted by atomic mass is 35.8. The van der Waals surface area contributed by atoms with Gasteiger partial charge in [-0.2, -0.15) is 0 Å². The van der Waals surface area contributed by atoms with Gasteiger partial charge in [0.1, 0.15) is 0 Å². The monoisotopic (exact) mass is 234 g/mol. The maximum Gasteiger partial charge on any atom is 0.341 e. The quantitative estimate of drug-likeness (QED) is 0.417. The van der Waals surface area contributed by atoms with Crippen LogP contribution in [0.25, 0.3) is 0 Å². The third-order valence-electron chi connectivity index (χ3n) is 1.13. The van der Waals surface area contributed by atoms with Crippen molar-refractivity contribution in [3.05, 3.63) is 0 Å². The summed E-state index contributed by atoms with van der Waals surface area (Å²) in [6.07, 6.45) is 0.919. The van der Waals surface area contributed by atoms with Crippen LogP contribution < -0.4 is 11.1 Å². The van der Waals surface area contributed by atoms with Gasteiger partial charge in [-0.3, -0.25) is 0 Å². The normalized spacial score (nSPS) is 12.0. The summed E-state index contributed by atoms with van der Waals surface area (Å²) in [6.45, 7) is 2.38. The van der Waals surface area contributed by atoms with E-state index >= 15 is 0 Å². The van der Waals surface area contributed by atoms with Crippen LogP contribution in [0.4, 0.5) is 0 Å². The molecule has 0 aliphatic carbocycles. The Bertz CT molecular complexity index is 96.2. The molecule has 0 radical (unpaired) electrons. The Morgan fingerprint density at radius 3 is 2.27 bits per heavy atom. The van der Waals surface area contributed by atoms with Gasteiger partial charge in [-0.25, -0.2) is 0 Å². The van der Waals surface area contributed by atoms with Gasteiger partial charge < -0.3 is 11.1 Å². The lowest BCUT2D eigenvalue weighted by Crippen LogP contribution is -2.24. The number of hydrogen-bond donors (Lipinski definition) is 2. The van der Waals surface area contributed by atoms with Crippen LogP contribution in [0, 0.1) is 0 Å². The molecule has 3 N–H and O–H groups in total. The van der Waals surface area contributed by atoms with Crippen molar-refractivity contribution in [1.29, 1.82) is 0 Å². The second kappa shape index (κ2) is 6.52. The van der Waals surface area contributed by atoms with Gasteiger partial charge in [-0.1, -0.05) is 0 Å². The van der Waals surface area contributed by atoms with Crippen molar-refractivity contribution in [3.8, 4) is 0 Å². The largest absolute Gasteiger partial charge is 0.341 e. The fraction of sp³-hybridized carbons (Fsp3) is 1.00. The minimum absolute atomic E-state index is 0.658. The second-order valence-electron chi connectivity index (χ2n) is 2.26. The lowest BCUT2D eigenvalue weighted by atomic mass is 10.5. The first-order valence-corrected chi connectivity index (χ1v) is 8.78. The van der Waals surface area contributed by atoms with Crippen LogP contribution in [0.15, 0.2) is 0 Å². The second-order valence-corrected chi connectivity index (χ2v) is 11.5. The molecular weight excluding hydrogens is 223 g/mol. The molecule has 0 heterocycles. The van der Waals surface area contributed by atoms with Gasteiger partial charge in [0.05, 0.1) is 0 Å². The third-order valence-corrected chi connectivity index (χ3v) is 3.76. The average molecular weight is 236 g/mol. The van der Waals surface area contributed by atoms with Gasteiger partial charge >= 0.3 is 6.00 Å². The van der Waals surface area contributed by atoms with Gasteiger partial charge in [-0.05, 0) is 19.0 Å². The van der Waals surface area contributed by atoms with Crippen molar-refractivity contribution in [2.24, 2.45) is 5.73 Å². The van der Waals surface area contributed by atoms with Crippen LogP contribution in [0.5, 0.6) is 0 Å². The minimum atomic E-state index is -2.37. The molecule has 0 spiro atoms. The van der Waals surface area contributed by atoms with Crippen molar-refractivity contribution in [2.75, 3.05) is 19.6 Å². The topological polar surface area (TPSA) is 38.0 Å². The van der Waals surface area contributed by atoms with Crippen molar-refractivity contribution in [2.45, 2.75) is 12.5 Å². The highest BCUT2D eigenvalue weighted by Gasteiger charge is 2.23. The number of nitrogens with one attached hydrogen (secondary N) is 1. The molecule has 0 bridgehead atoms. The van der Waals surface area contributed by atoms with E-state index in [4.69, 9.17) is 39.0 Å². The lowest BCUT2D eigenvalue weighted by molar-refractivity contribution is 0.677. The maximum atomic E-state index is 5.66. The number of nitrogens with two attached hydrogens (primary N) is 1. The summed E-state index contributed by atoms with van der Waals surface area (Å²) in [5.74, 6) is 0. The van der Waals surface area contributed by atoms with Crippen LogP contribution in [0.3, 0.4) is 0 Å². The molecule has 0 aromatic heterocycles. The third kappa shape index (κ3) is 11.0. The average Bonchev–Trinajstić information content (AvgIpc) is 1.85. The SMILES string of the molecule is NCCNCCC[Si](Cl)(Cl)Cl. The first-order chi connectivity index (χ1) is 5.06. The van der Waals surface area contributed by atoms with Crippen LogP contribution in [0.2, 0.25) is 6.04 Å². The zero-order valence-corrected chi connectivity index (χ0v) is 9.51. The van der Waals surface area contributed by atoms with Crippen LogP contribution in [-0.4, -0.2) is 25.6 Å². The van der Waals surface area contributed by atoms with Crippen molar-refractivity contribution >= 4 is 39.2 Å². The van der Waals surface area contributed by atoms with Crippen molar-refractivity contribution in [1.82, 2.24) is 5.32 Å². The van der Waals surface area contributed by atoms with E-state index in [0.717, 1.165) is 25.6 Å². The molecular formula is C5H13Cl3N2Si. The molecule has 2 nitrogen and oxygen atoms in total. The molecule has 0 fully saturated rings.